The normalized spacial score (nSPS) is 26.4. The highest BCUT2D eigenvalue weighted by Crippen LogP contribution is 2.33. The van der Waals surface area contributed by atoms with Crippen LogP contribution < -0.4 is 5.73 Å². The molecule has 20 heavy (non-hydrogen) atoms. The Labute approximate surface area is 123 Å². The highest BCUT2D eigenvalue weighted by molar-refractivity contribution is 5.16. The maximum Gasteiger partial charge on any atom is 0.0511 e. The molecule has 1 aliphatic rings. The Bertz CT molecular complexity index is 382. The van der Waals surface area contributed by atoms with Gasteiger partial charge in [-0.25, -0.2) is 0 Å². The molecule has 3 nitrogen and oxygen atoms in total. The fourth-order valence-electron chi connectivity index (χ4n) is 3.65. The van der Waals surface area contributed by atoms with Crippen LogP contribution in [0.25, 0.3) is 0 Å². The minimum Gasteiger partial charge on any atom is -0.326 e. The van der Waals surface area contributed by atoms with Crippen molar-refractivity contribution in [1.82, 2.24) is 9.88 Å². The molecule has 1 fully saturated rings. The molecule has 0 saturated heterocycles. The van der Waals surface area contributed by atoms with Gasteiger partial charge in [-0.2, -0.15) is 0 Å². The van der Waals surface area contributed by atoms with Crippen LogP contribution in [0.2, 0.25) is 0 Å². The van der Waals surface area contributed by atoms with Crippen molar-refractivity contribution in [2.45, 2.75) is 64.1 Å². The molecule has 3 heteroatoms. The van der Waals surface area contributed by atoms with E-state index in [1.165, 1.54) is 37.7 Å². The Morgan fingerprint density at radius 1 is 1.35 bits per heavy atom. The molecule has 1 heterocycles. The lowest BCUT2D eigenvalue weighted by molar-refractivity contribution is 0.107. The predicted octanol–water partition coefficient (Wildman–Crippen LogP) is 3.37. The maximum absolute atomic E-state index is 6.26. The summed E-state index contributed by atoms with van der Waals surface area (Å²) in [6, 6.07) is 5.20. The molecule has 2 N–H and O–H groups in total. The molecule has 2 unspecified atom stereocenters. The molecule has 0 aliphatic heterocycles. The van der Waals surface area contributed by atoms with Gasteiger partial charge in [-0.15, -0.1) is 0 Å². The van der Waals surface area contributed by atoms with Gasteiger partial charge in [0.15, 0.2) is 0 Å². The topological polar surface area (TPSA) is 42.2 Å². The average Bonchev–Trinajstić information content (AvgIpc) is 2.48. The Kier molecular flexibility index (Phi) is 5.55. The van der Waals surface area contributed by atoms with Crippen LogP contribution in [-0.4, -0.2) is 29.0 Å². The highest BCUT2D eigenvalue weighted by atomic mass is 15.2. The Morgan fingerprint density at radius 3 is 2.55 bits per heavy atom. The van der Waals surface area contributed by atoms with Crippen LogP contribution in [0.1, 0.15) is 57.6 Å². The van der Waals surface area contributed by atoms with Crippen LogP contribution in [0.5, 0.6) is 0 Å². The molecule has 0 amide bonds. The highest BCUT2D eigenvalue weighted by Gasteiger charge is 2.30. The van der Waals surface area contributed by atoms with Gasteiger partial charge in [-0.05, 0) is 57.2 Å². The second-order valence-corrected chi connectivity index (χ2v) is 6.34. The number of nitrogens with two attached hydrogens (primary N) is 1. The number of likely N-dealkylation sites (N-methyl/N-ethyl adjacent to an activating group) is 1. The molecular formula is C17H29N3. The van der Waals surface area contributed by atoms with Crippen molar-refractivity contribution >= 4 is 0 Å². The molecule has 2 atom stereocenters. The number of rotatable bonds is 5. The average molecular weight is 275 g/mol. The van der Waals surface area contributed by atoms with Crippen molar-refractivity contribution in [3.8, 4) is 0 Å². The van der Waals surface area contributed by atoms with Crippen molar-refractivity contribution in [3.05, 3.63) is 30.1 Å². The lowest BCUT2D eigenvalue weighted by Crippen LogP contribution is -2.44. The van der Waals surface area contributed by atoms with Crippen molar-refractivity contribution in [1.29, 1.82) is 0 Å². The van der Waals surface area contributed by atoms with Crippen molar-refractivity contribution < 1.29 is 0 Å². The van der Waals surface area contributed by atoms with Crippen LogP contribution in [0.4, 0.5) is 0 Å². The second kappa shape index (κ2) is 7.19. The molecule has 1 aromatic heterocycles. The molecule has 1 aliphatic carbocycles. The van der Waals surface area contributed by atoms with Gasteiger partial charge in [-0.1, -0.05) is 19.4 Å². The summed E-state index contributed by atoms with van der Waals surface area (Å²) >= 11 is 0. The second-order valence-electron chi connectivity index (χ2n) is 6.34. The van der Waals surface area contributed by atoms with Gasteiger partial charge < -0.3 is 5.73 Å². The largest absolute Gasteiger partial charge is 0.326 e. The minimum atomic E-state index is 0.119. The van der Waals surface area contributed by atoms with E-state index in [1.807, 2.05) is 18.5 Å². The molecule has 0 aromatic carbocycles. The number of hydrogen-bond donors (Lipinski definition) is 1. The smallest absolute Gasteiger partial charge is 0.0511 e. The lowest BCUT2D eigenvalue weighted by atomic mass is 9.83. The number of pyridine rings is 1. The zero-order chi connectivity index (χ0) is 14.5. The van der Waals surface area contributed by atoms with Crippen LogP contribution in [0, 0.1) is 5.92 Å². The molecular weight excluding hydrogens is 246 g/mol. The summed E-state index contributed by atoms with van der Waals surface area (Å²) < 4.78 is 0. The van der Waals surface area contributed by atoms with Crippen LogP contribution in [0.3, 0.4) is 0 Å². The van der Waals surface area contributed by atoms with Crippen molar-refractivity contribution in [2.24, 2.45) is 11.7 Å². The van der Waals surface area contributed by atoms with E-state index in [9.17, 15) is 0 Å². The van der Waals surface area contributed by atoms with Gasteiger partial charge in [0.05, 0.1) is 6.04 Å². The van der Waals surface area contributed by atoms with Crippen LogP contribution in [-0.2, 0) is 0 Å². The monoisotopic (exact) mass is 275 g/mol. The molecule has 1 aromatic rings. The fourth-order valence-corrected chi connectivity index (χ4v) is 3.65. The van der Waals surface area contributed by atoms with Crippen LogP contribution >= 0.6 is 0 Å². The summed E-state index contributed by atoms with van der Waals surface area (Å²) in [6.45, 7) is 4.42. The molecule has 0 radical (unpaired) electrons. The Hall–Kier alpha value is -0.930. The van der Waals surface area contributed by atoms with Gasteiger partial charge in [-0.3, -0.25) is 9.88 Å². The van der Waals surface area contributed by atoms with Crippen molar-refractivity contribution in [2.75, 3.05) is 7.05 Å². The predicted molar refractivity (Wildman–Crippen MR) is 84.4 cm³/mol. The first-order chi connectivity index (χ1) is 9.63. The number of hydrogen-bond acceptors (Lipinski definition) is 3. The summed E-state index contributed by atoms with van der Waals surface area (Å²) in [5, 5.41) is 0. The molecule has 1 saturated carbocycles. The first kappa shape index (κ1) is 15.5. The third-order valence-electron chi connectivity index (χ3n) is 4.93. The van der Waals surface area contributed by atoms with E-state index in [-0.39, 0.29) is 12.1 Å². The van der Waals surface area contributed by atoms with E-state index in [1.54, 1.807) is 0 Å². The van der Waals surface area contributed by atoms with E-state index >= 15 is 0 Å². The van der Waals surface area contributed by atoms with Crippen LogP contribution in [0.15, 0.2) is 24.5 Å². The Morgan fingerprint density at radius 2 is 2.05 bits per heavy atom. The van der Waals surface area contributed by atoms with E-state index in [4.69, 9.17) is 5.73 Å². The third kappa shape index (κ3) is 3.58. The third-order valence-corrected chi connectivity index (χ3v) is 4.93. The SMILES string of the molecule is CCC1CCC(N(C)C(c2cccnc2)C(C)N)CC1. The zero-order valence-electron chi connectivity index (χ0n) is 13.1. The number of aromatic nitrogens is 1. The minimum absolute atomic E-state index is 0.119. The Balaban J connectivity index is 2.07. The lowest BCUT2D eigenvalue weighted by Gasteiger charge is -2.40. The standard InChI is InChI=1S/C17H29N3/c1-4-14-7-9-16(10-8-14)20(3)17(13(2)18)15-6-5-11-19-12-15/h5-6,11-14,16-17H,4,7-10,18H2,1-3H3. The summed E-state index contributed by atoms with van der Waals surface area (Å²) in [6.07, 6.45) is 10.5. The molecule has 2 rings (SSSR count). The molecule has 112 valence electrons. The van der Waals surface area contributed by atoms with Crippen molar-refractivity contribution in [3.63, 3.8) is 0 Å². The quantitative estimate of drug-likeness (QED) is 0.896. The zero-order valence-corrected chi connectivity index (χ0v) is 13.1. The van der Waals surface area contributed by atoms with Gasteiger partial charge in [0.1, 0.15) is 0 Å². The fraction of sp³-hybridized carbons (Fsp3) is 0.706. The van der Waals surface area contributed by atoms with Gasteiger partial charge in [0.25, 0.3) is 0 Å². The van der Waals surface area contributed by atoms with E-state index in [0.29, 0.717) is 6.04 Å². The summed E-state index contributed by atoms with van der Waals surface area (Å²) in [4.78, 5) is 6.75. The first-order valence-corrected chi connectivity index (χ1v) is 8.01. The number of nitrogens with zero attached hydrogens (tertiary/aromatic N) is 2. The summed E-state index contributed by atoms with van der Waals surface area (Å²) in [5.74, 6) is 0.937. The summed E-state index contributed by atoms with van der Waals surface area (Å²) in [7, 11) is 2.23. The van der Waals surface area contributed by atoms with Gasteiger partial charge in [0, 0.05) is 24.5 Å². The first-order valence-electron chi connectivity index (χ1n) is 8.01. The van der Waals surface area contributed by atoms with Gasteiger partial charge in [0.2, 0.25) is 0 Å². The van der Waals surface area contributed by atoms with Gasteiger partial charge >= 0.3 is 0 Å². The molecule has 0 spiro atoms. The molecule has 0 bridgehead atoms. The van der Waals surface area contributed by atoms with E-state index < -0.39 is 0 Å². The summed E-state index contributed by atoms with van der Waals surface area (Å²) in [5.41, 5.74) is 7.50. The van der Waals surface area contributed by atoms with E-state index in [2.05, 4.69) is 36.8 Å². The van der Waals surface area contributed by atoms with E-state index in [0.717, 1.165) is 5.92 Å². The maximum atomic E-state index is 6.26.